The molecule has 0 unspecified atom stereocenters. The molecule has 3 nitrogen and oxygen atoms in total. The zero-order valence-electron chi connectivity index (χ0n) is 10.2. The van der Waals surface area contributed by atoms with Gasteiger partial charge in [0.1, 0.15) is 17.3 Å². The Labute approximate surface area is 119 Å². The van der Waals surface area contributed by atoms with Crippen LogP contribution in [0.5, 0.6) is 5.75 Å². The lowest BCUT2D eigenvalue weighted by Gasteiger charge is -1.99. The van der Waals surface area contributed by atoms with Gasteiger partial charge in [-0.3, -0.25) is 0 Å². The van der Waals surface area contributed by atoms with Crippen LogP contribution in [0, 0.1) is 5.82 Å². The number of phenols is 1. The molecule has 2 aromatic carbocycles. The number of phenolic OH excluding ortho intramolecular Hbond substituents is 1. The van der Waals surface area contributed by atoms with Crippen molar-refractivity contribution < 1.29 is 14.0 Å². The number of hydrogen-bond acceptors (Lipinski definition) is 3. The number of halogens is 2. The van der Waals surface area contributed by atoms with Crippen LogP contribution in [-0.4, -0.2) is 10.3 Å². The third-order valence-electron chi connectivity index (χ3n) is 2.87. The highest BCUT2D eigenvalue weighted by Gasteiger charge is 2.12. The molecule has 20 heavy (non-hydrogen) atoms. The van der Waals surface area contributed by atoms with Gasteiger partial charge < -0.3 is 9.63 Å². The quantitative estimate of drug-likeness (QED) is 0.755. The molecule has 0 saturated carbocycles. The summed E-state index contributed by atoms with van der Waals surface area (Å²) in [5.41, 5.74) is 1.74. The van der Waals surface area contributed by atoms with Crippen LogP contribution in [0.15, 0.2) is 53.1 Å². The molecule has 0 aliphatic carbocycles. The molecule has 1 N–H and O–H groups in total. The molecule has 0 atom stereocenters. The molecule has 1 heterocycles. The molecule has 0 radical (unpaired) electrons. The lowest BCUT2D eigenvalue weighted by atomic mass is 10.1. The van der Waals surface area contributed by atoms with Crippen molar-refractivity contribution >= 4 is 11.6 Å². The first kappa shape index (κ1) is 12.7. The average molecular weight is 290 g/mol. The van der Waals surface area contributed by atoms with Crippen LogP contribution < -0.4 is 0 Å². The summed E-state index contributed by atoms with van der Waals surface area (Å²) < 4.78 is 18.1. The zero-order chi connectivity index (χ0) is 14.1. The molecule has 0 amide bonds. The van der Waals surface area contributed by atoms with E-state index in [4.69, 9.17) is 16.1 Å². The molecule has 0 aliphatic rings. The van der Waals surface area contributed by atoms with Crippen molar-refractivity contribution in [1.29, 1.82) is 0 Å². The van der Waals surface area contributed by atoms with Crippen LogP contribution in [0.2, 0.25) is 5.02 Å². The summed E-state index contributed by atoms with van der Waals surface area (Å²) in [6.07, 6.45) is 0. The lowest BCUT2D eigenvalue weighted by molar-refractivity contribution is 0.428. The molecule has 100 valence electrons. The summed E-state index contributed by atoms with van der Waals surface area (Å²) in [6, 6.07) is 12.2. The van der Waals surface area contributed by atoms with Crippen LogP contribution in [-0.2, 0) is 0 Å². The Hall–Kier alpha value is -2.33. The average Bonchev–Trinajstić information content (AvgIpc) is 2.92. The molecular formula is C15H9ClFNO2. The van der Waals surface area contributed by atoms with Crippen molar-refractivity contribution in [2.24, 2.45) is 0 Å². The van der Waals surface area contributed by atoms with E-state index in [1.165, 1.54) is 18.2 Å². The summed E-state index contributed by atoms with van der Waals surface area (Å²) in [7, 11) is 0. The van der Waals surface area contributed by atoms with Gasteiger partial charge in [0.2, 0.25) is 0 Å². The second-order valence-corrected chi connectivity index (χ2v) is 4.68. The standard InChI is InChI=1S/C15H9ClFNO2/c16-10-3-6-14(19)12(7-10)15-8-13(18-20-15)9-1-4-11(17)5-2-9/h1-8,19H. The summed E-state index contributed by atoms with van der Waals surface area (Å²) in [5, 5.41) is 14.2. The normalized spacial score (nSPS) is 10.7. The number of aromatic hydroxyl groups is 1. The van der Waals surface area contributed by atoms with E-state index in [2.05, 4.69) is 5.16 Å². The van der Waals surface area contributed by atoms with Crippen molar-refractivity contribution in [3.05, 3.63) is 59.4 Å². The minimum absolute atomic E-state index is 0.0520. The van der Waals surface area contributed by atoms with E-state index in [0.29, 0.717) is 22.0 Å². The second kappa shape index (κ2) is 4.98. The van der Waals surface area contributed by atoms with Gasteiger partial charge in [-0.05, 0) is 42.5 Å². The molecule has 1 aromatic heterocycles. The number of nitrogens with zero attached hydrogens (tertiary/aromatic N) is 1. The highest BCUT2D eigenvalue weighted by atomic mass is 35.5. The monoisotopic (exact) mass is 289 g/mol. The second-order valence-electron chi connectivity index (χ2n) is 4.24. The number of aromatic nitrogens is 1. The van der Waals surface area contributed by atoms with E-state index in [1.807, 2.05) is 0 Å². The van der Waals surface area contributed by atoms with E-state index in [9.17, 15) is 9.50 Å². The fraction of sp³-hybridized carbons (Fsp3) is 0. The minimum Gasteiger partial charge on any atom is -0.507 e. The van der Waals surface area contributed by atoms with Gasteiger partial charge in [0.05, 0.1) is 5.56 Å². The van der Waals surface area contributed by atoms with E-state index in [-0.39, 0.29) is 11.6 Å². The Bertz CT molecular complexity index is 753. The topological polar surface area (TPSA) is 46.3 Å². The fourth-order valence-electron chi connectivity index (χ4n) is 1.86. The summed E-state index contributed by atoms with van der Waals surface area (Å²) in [6.45, 7) is 0. The maximum atomic E-state index is 12.9. The highest BCUT2D eigenvalue weighted by Crippen LogP contribution is 2.33. The summed E-state index contributed by atoms with van der Waals surface area (Å²) in [5.74, 6) is 0.130. The maximum absolute atomic E-state index is 12.9. The van der Waals surface area contributed by atoms with Crippen molar-refractivity contribution in [2.75, 3.05) is 0 Å². The van der Waals surface area contributed by atoms with Crippen LogP contribution in [0.1, 0.15) is 0 Å². The van der Waals surface area contributed by atoms with Gasteiger partial charge in [0.15, 0.2) is 5.76 Å². The highest BCUT2D eigenvalue weighted by molar-refractivity contribution is 6.30. The molecule has 5 heteroatoms. The number of benzene rings is 2. The van der Waals surface area contributed by atoms with Crippen LogP contribution in [0.4, 0.5) is 4.39 Å². The molecular weight excluding hydrogens is 281 g/mol. The Morgan fingerprint density at radius 1 is 1.05 bits per heavy atom. The van der Waals surface area contributed by atoms with Crippen molar-refractivity contribution in [2.45, 2.75) is 0 Å². The lowest BCUT2D eigenvalue weighted by Crippen LogP contribution is -1.78. The van der Waals surface area contributed by atoms with Crippen LogP contribution in [0.25, 0.3) is 22.6 Å². The van der Waals surface area contributed by atoms with Gasteiger partial charge in [-0.25, -0.2) is 4.39 Å². The summed E-state index contributed by atoms with van der Waals surface area (Å²) in [4.78, 5) is 0. The van der Waals surface area contributed by atoms with Crippen LogP contribution >= 0.6 is 11.6 Å². The predicted molar refractivity (Wildman–Crippen MR) is 74.0 cm³/mol. The van der Waals surface area contributed by atoms with Gasteiger partial charge in [-0.1, -0.05) is 16.8 Å². The molecule has 0 aliphatic heterocycles. The van der Waals surface area contributed by atoms with Crippen molar-refractivity contribution in [3.63, 3.8) is 0 Å². The number of rotatable bonds is 2. The maximum Gasteiger partial charge on any atom is 0.171 e. The Kier molecular flexibility index (Phi) is 3.16. The largest absolute Gasteiger partial charge is 0.507 e. The van der Waals surface area contributed by atoms with Gasteiger partial charge in [-0.15, -0.1) is 0 Å². The molecule has 0 saturated heterocycles. The minimum atomic E-state index is -0.315. The van der Waals surface area contributed by atoms with Crippen molar-refractivity contribution in [1.82, 2.24) is 5.16 Å². The number of hydrogen-bond donors (Lipinski definition) is 1. The van der Waals surface area contributed by atoms with Crippen molar-refractivity contribution in [3.8, 4) is 28.3 Å². The van der Waals surface area contributed by atoms with E-state index >= 15 is 0 Å². The first-order chi connectivity index (χ1) is 9.63. The Morgan fingerprint density at radius 3 is 2.55 bits per heavy atom. The van der Waals surface area contributed by atoms with Gasteiger partial charge in [0.25, 0.3) is 0 Å². The van der Waals surface area contributed by atoms with Gasteiger partial charge in [0, 0.05) is 16.7 Å². The molecule has 0 fully saturated rings. The van der Waals surface area contributed by atoms with E-state index in [0.717, 1.165) is 5.56 Å². The smallest absolute Gasteiger partial charge is 0.171 e. The Morgan fingerprint density at radius 2 is 1.80 bits per heavy atom. The zero-order valence-corrected chi connectivity index (χ0v) is 10.9. The van der Waals surface area contributed by atoms with E-state index < -0.39 is 0 Å². The van der Waals surface area contributed by atoms with E-state index in [1.54, 1.807) is 30.3 Å². The molecule has 0 bridgehead atoms. The molecule has 3 rings (SSSR count). The third-order valence-corrected chi connectivity index (χ3v) is 3.11. The predicted octanol–water partition coefficient (Wildman–Crippen LogP) is 4.51. The van der Waals surface area contributed by atoms with Crippen LogP contribution in [0.3, 0.4) is 0 Å². The molecule has 3 aromatic rings. The van der Waals surface area contributed by atoms with Gasteiger partial charge in [-0.2, -0.15) is 0 Å². The third kappa shape index (κ3) is 2.38. The Balaban J connectivity index is 2.01. The first-order valence-electron chi connectivity index (χ1n) is 5.85. The first-order valence-corrected chi connectivity index (χ1v) is 6.23. The van der Waals surface area contributed by atoms with Gasteiger partial charge >= 0.3 is 0 Å². The molecule has 0 spiro atoms. The summed E-state index contributed by atoms with van der Waals surface area (Å²) >= 11 is 5.89. The SMILES string of the molecule is Oc1ccc(Cl)cc1-c1cc(-c2ccc(F)cc2)no1. The fourth-order valence-corrected chi connectivity index (χ4v) is 2.04.